The highest BCUT2D eigenvalue weighted by atomic mass is 32.2. The smallest absolute Gasteiger partial charge is 0.288 e. The SMILES string of the molecule is Cc1nc(SCc2csc(C(=O)NN)n2)n[nH]1. The van der Waals surface area contributed by atoms with Crippen LogP contribution >= 0.6 is 23.1 Å². The molecule has 0 unspecified atom stereocenters. The lowest BCUT2D eigenvalue weighted by Gasteiger charge is -1.93. The number of aromatic nitrogens is 4. The summed E-state index contributed by atoms with van der Waals surface area (Å²) in [6.07, 6.45) is 0. The van der Waals surface area contributed by atoms with Crippen molar-refractivity contribution in [1.29, 1.82) is 0 Å². The molecule has 2 aromatic heterocycles. The number of thioether (sulfide) groups is 1. The summed E-state index contributed by atoms with van der Waals surface area (Å²) in [6, 6.07) is 0. The minimum atomic E-state index is -0.375. The van der Waals surface area contributed by atoms with Crippen LogP contribution in [0.4, 0.5) is 0 Å². The molecular weight excluding hydrogens is 260 g/mol. The fraction of sp³-hybridized carbons (Fsp3) is 0.250. The Bertz CT molecular complexity index is 522. The van der Waals surface area contributed by atoms with Crippen LogP contribution in [0.2, 0.25) is 0 Å². The van der Waals surface area contributed by atoms with Crippen LogP contribution in [-0.4, -0.2) is 26.1 Å². The van der Waals surface area contributed by atoms with Crippen LogP contribution < -0.4 is 11.3 Å². The third-order valence-corrected chi connectivity index (χ3v) is 3.57. The molecule has 90 valence electrons. The lowest BCUT2D eigenvalue weighted by atomic mass is 10.5. The monoisotopic (exact) mass is 270 g/mol. The van der Waals surface area contributed by atoms with Gasteiger partial charge >= 0.3 is 0 Å². The zero-order valence-electron chi connectivity index (χ0n) is 8.93. The van der Waals surface area contributed by atoms with Crippen LogP contribution in [0.3, 0.4) is 0 Å². The fourth-order valence-electron chi connectivity index (χ4n) is 1.06. The lowest BCUT2D eigenvalue weighted by molar-refractivity contribution is 0.0953. The van der Waals surface area contributed by atoms with Crippen molar-refractivity contribution >= 4 is 29.0 Å². The third kappa shape index (κ3) is 3.02. The molecule has 0 aliphatic rings. The van der Waals surface area contributed by atoms with Crippen LogP contribution in [0, 0.1) is 6.92 Å². The molecule has 0 saturated heterocycles. The molecule has 0 atom stereocenters. The Morgan fingerprint density at radius 1 is 1.65 bits per heavy atom. The molecule has 1 amide bonds. The minimum absolute atomic E-state index is 0.356. The van der Waals surface area contributed by atoms with E-state index in [2.05, 4.69) is 20.2 Å². The third-order valence-electron chi connectivity index (χ3n) is 1.80. The highest BCUT2D eigenvalue weighted by molar-refractivity contribution is 7.98. The number of aryl methyl sites for hydroxylation is 1. The Balaban J connectivity index is 1.95. The number of nitrogens with one attached hydrogen (secondary N) is 2. The van der Waals surface area contributed by atoms with Crippen LogP contribution in [0.25, 0.3) is 0 Å². The van der Waals surface area contributed by atoms with E-state index in [1.165, 1.54) is 23.1 Å². The summed E-state index contributed by atoms with van der Waals surface area (Å²) in [6.45, 7) is 1.84. The number of carbonyl (C=O) groups is 1. The number of thiazole rings is 1. The first-order valence-electron chi connectivity index (χ1n) is 4.66. The topological polar surface area (TPSA) is 110 Å². The van der Waals surface area contributed by atoms with Gasteiger partial charge in [-0.25, -0.2) is 15.8 Å². The van der Waals surface area contributed by atoms with E-state index in [0.29, 0.717) is 15.9 Å². The van der Waals surface area contributed by atoms with Gasteiger partial charge in [0.15, 0.2) is 5.01 Å². The van der Waals surface area contributed by atoms with Gasteiger partial charge in [-0.1, -0.05) is 11.8 Å². The average molecular weight is 270 g/mol. The molecule has 0 spiro atoms. The lowest BCUT2D eigenvalue weighted by Crippen LogP contribution is -2.29. The van der Waals surface area contributed by atoms with E-state index in [-0.39, 0.29) is 5.91 Å². The first-order chi connectivity index (χ1) is 8.19. The molecular formula is C8H10N6OS2. The van der Waals surface area contributed by atoms with E-state index in [1.807, 2.05) is 17.7 Å². The Labute approximate surface area is 105 Å². The highest BCUT2D eigenvalue weighted by Crippen LogP contribution is 2.20. The number of H-pyrrole nitrogens is 1. The standard InChI is InChI=1S/C8H10N6OS2/c1-4-10-8(14-13-4)17-3-5-2-16-7(11-5)6(15)12-9/h2H,3,9H2,1H3,(H,12,15)(H,10,13,14). The summed E-state index contributed by atoms with van der Waals surface area (Å²) in [4.78, 5) is 19.5. The molecule has 2 rings (SSSR count). The van der Waals surface area contributed by atoms with Crippen molar-refractivity contribution < 1.29 is 4.79 Å². The molecule has 0 saturated carbocycles. The summed E-state index contributed by atoms with van der Waals surface area (Å²) >= 11 is 2.71. The normalized spacial score (nSPS) is 10.5. The molecule has 2 heterocycles. The number of rotatable bonds is 4. The Morgan fingerprint density at radius 3 is 3.12 bits per heavy atom. The second-order valence-electron chi connectivity index (χ2n) is 3.11. The van der Waals surface area contributed by atoms with Crippen molar-refractivity contribution in [3.8, 4) is 0 Å². The van der Waals surface area contributed by atoms with Gasteiger partial charge in [0.25, 0.3) is 5.91 Å². The molecule has 0 radical (unpaired) electrons. The van der Waals surface area contributed by atoms with Gasteiger partial charge in [-0.15, -0.1) is 16.4 Å². The number of hydrogen-bond donors (Lipinski definition) is 3. The molecule has 4 N–H and O–H groups in total. The van der Waals surface area contributed by atoms with Crippen molar-refractivity contribution in [2.24, 2.45) is 5.84 Å². The van der Waals surface area contributed by atoms with E-state index in [0.717, 1.165) is 11.5 Å². The number of hydrogen-bond acceptors (Lipinski definition) is 7. The zero-order chi connectivity index (χ0) is 12.3. The van der Waals surface area contributed by atoms with E-state index >= 15 is 0 Å². The molecule has 0 bridgehead atoms. The summed E-state index contributed by atoms with van der Waals surface area (Å²) in [5, 5.41) is 9.59. The van der Waals surface area contributed by atoms with Crippen molar-refractivity contribution in [2.45, 2.75) is 17.8 Å². The van der Waals surface area contributed by atoms with Gasteiger partial charge in [-0.05, 0) is 6.92 Å². The molecule has 0 aliphatic carbocycles. The fourth-order valence-corrected chi connectivity index (χ4v) is 2.63. The van der Waals surface area contributed by atoms with E-state index in [1.54, 1.807) is 0 Å². The molecule has 0 aromatic carbocycles. The zero-order valence-corrected chi connectivity index (χ0v) is 10.6. The van der Waals surface area contributed by atoms with E-state index < -0.39 is 0 Å². The van der Waals surface area contributed by atoms with Crippen molar-refractivity contribution in [1.82, 2.24) is 25.6 Å². The number of hydrazine groups is 1. The first kappa shape index (κ1) is 12.0. The van der Waals surface area contributed by atoms with Crippen molar-refractivity contribution in [2.75, 3.05) is 0 Å². The number of aromatic amines is 1. The number of nitrogens with two attached hydrogens (primary N) is 1. The molecule has 9 heteroatoms. The quantitative estimate of drug-likeness (QED) is 0.322. The van der Waals surface area contributed by atoms with Crippen LogP contribution in [0.5, 0.6) is 0 Å². The predicted octanol–water partition coefficient (Wildman–Crippen LogP) is 0.465. The Hall–Kier alpha value is -1.45. The number of nitrogen functional groups attached to an aromatic ring is 1. The summed E-state index contributed by atoms with van der Waals surface area (Å²) < 4.78 is 0. The van der Waals surface area contributed by atoms with Crippen LogP contribution in [0.15, 0.2) is 10.5 Å². The molecule has 0 fully saturated rings. The van der Waals surface area contributed by atoms with Gasteiger partial charge in [0.1, 0.15) is 5.82 Å². The van der Waals surface area contributed by atoms with Crippen LogP contribution in [-0.2, 0) is 5.75 Å². The molecule has 7 nitrogen and oxygen atoms in total. The maximum Gasteiger partial charge on any atom is 0.294 e. The van der Waals surface area contributed by atoms with Gasteiger partial charge < -0.3 is 0 Å². The Kier molecular flexibility index (Phi) is 3.71. The summed E-state index contributed by atoms with van der Waals surface area (Å²) in [5.41, 5.74) is 2.85. The van der Waals surface area contributed by atoms with Crippen LogP contribution in [0.1, 0.15) is 21.3 Å². The van der Waals surface area contributed by atoms with E-state index in [9.17, 15) is 4.79 Å². The van der Waals surface area contributed by atoms with E-state index in [4.69, 9.17) is 5.84 Å². The van der Waals surface area contributed by atoms with Gasteiger partial charge in [-0.2, -0.15) is 0 Å². The maximum atomic E-state index is 11.2. The molecule has 17 heavy (non-hydrogen) atoms. The van der Waals surface area contributed by atoms with Gasteiger partial charge in [0.05, 0.1) is 5.69 Å². The number of nitrogens with zero attached hydrogens (tertiary/aromatic N) is 3. The molecule has 2 aromatic rings. The van der Waals surface area contributed by atoms with Crippen molar-refractivity contribution in [3.63, 3.8) is 0 Å². The summed E-state index contributed by atoms with van der Waals surface area (Å²) in [5.74, 6) is 6.03. The van der Waals surface area contributed by atoms with Gasteiger partial charge in [0.2, 0.25) is 5.16 Å². The highest BCUT2D eigenvalue weighted by Gasteiger charge is 2.10. The van der Waals surface area contributed by atoms with Gasteiger partial charge in [0, 0.05) is 11.1 Å². The second-order valence-corrected chi connectivity index (χ2v) is 4.91. The Morgan fingerprint density at radius 2 is 2.47 bits per heavy atom. The predicted molar refractivity (Wildman–Crippen MR) is 64.4 cm³/mol. The molecule has 0 aliphatic heterocycles. The second kappa shape index (κ2) is 5.25. The number of amides is 1. The van der Waals surface area contributed by atoms with Crippen molar-refractivity contribution in [3.05, 3.63) is 21.9 Å². The average Bonchev–Trinajstić information content (AvgIpc) is 2.94. The maximum absolute atomic E-state index is 11.2. The van der Waals surface area contributed by atoms with Gasteiger partial charge in [-0.3, -0.25) is 15.3 Å². The summed E-state index contributed by atoms with van der Waals surface area (Å²) in [7, 11) is 0. The first-order valence-corrected chi connectivity index (χ1v) is 6.52. The minimum Gasteiger partial charge on any atom is -0.288 e. The number of carbonyl (C=O) groups excluding carboxylic acids is 1. The largest absolute Gasteiger partial charge is 0.294 e.